The van der Waals surface area contributed by atoms with Gasteiger partial charge in [0.25, 0.3) is 5.91 Å². The summed E-state index contributed by atoms with van der Waals surface area (Å²) in [6, 6.07) is 12.2. The molecule has 7 heteroatoms. The topological polar surface area (TPSA) is 59.9 Å². The van der Waals surface area contributed by atoms with Crippen molar-refractivity contribution >= 4 is 39.7 Å². The number of amides is 1. The van der Waals surface area contributed by atoms with Crippen LogP contribution in [0.2, 0.25) is 5.02 Å². The Kier molecular flexibility index (Phi) is 7.33. The first kappa shape index (κ1) is 18.8. The normalized spacial score (nSPS) is 10.3. The number of benzene rings is 2. The fraction of sp³-hybridized carbons (Fsp3) is 0.111. The van der Waals surface area contributed by atoms with Gasteiger partial charge in [0, 0.05) is 15.1 Å². The maximum absolute atomic E-state index is 11.8. The van der Waals surface area contributed by atoms with Crippen molar-refractivity contribution in [3.05, 3.63) is 57.5 Å². The van der Waals surface area contributed by atoms with Crippen molar-refractivity contribution < 1.29 is 14.3 Å². The first-order valence-electron chi connectivity index (χ1n) is 7.14. The van der Waals surface area contributed by atoms with E-state index in [-0.39, 0.29) is 13.2 Å². The average Bonchev–Trinajstić information content (AvgIpc) is 2.59. The molecule has 5 nitrogen and oxygen atoms in total. The van der Waals surface area contributed by atoms with E-state index < -0.39 is 5.91 Å². The number of terminal acetylenes is 1. The first-order valence-corrected chi connectivity index (χ1v) is 8.31. The molecule has 2 aromatic carbocycles. The van der Waals surface area contributed by atoms with Crippen LogP contribution in [0.25, 0.3) is 0 Å². The number of hydrogen-bond donors (Lipinski definition) is 1. The second kappa shape index (κ2) is 9.72. The lowest BCUT2D eigenvalue weighted by Crippen LogP contribution is -2.24. The number of carbonyl (C=O) groups is 1. The summed E-state index contributed by atoms with van der Waals surface area (Å²) in [6.45, 7) is -0.0427. The molecule has 0 radical (unpaired) electrons. The third-order valence-electron chi connectivity index (χ3n) is 2.84. The van der Waals surface area contributed by atoms with E-state index in [4.69, 9.17) is 27.5 Å². The van der Waals surface area contributed by atoms with Crippen molar-refractivity contribution in [3.63, 3.8) is 0 Å². The van der Waals surface area contributed by atoms with Crippen molar-refractivity contribution in [3.8, 4) is 23.8 Å². The molecular weight excluding hydrogens is 408 g/mol. The van der Waals surface area contributed by atoms with Gasteiger partial charge in [0.1, 0.15) is 18.1 Å². The maximum Gasteiger partial charge on any atom is 0.277 e. The summed E-state index contributed by atoms with van der Waals surface area (Å²) in [7, 11) is 0. The van der Waals surface area contributed by atoms with Crippen LogP contribution < -0.4 is 14.9 Å². The molecule has 0 spiro atoms. The van der Waals surface area contributed by atoms with E-state index in [0.717, 1.165) is 4.47 Å². The van der Waals surface area contributed by atoms with E-state index in [1.807, 2.05) is 6.07 Å². The molecule has 0 aliphatic heterocycles. The number of hydrazone groups is 1. The fourth-order valence-electron chi connectivity index (χ4n) is 1.78. The van der Waals surface area contributed by atoms with E-state index in [2.05, 4.69) is 32.4 Å². The fourth-order valence-corrected chi connectivity index (χ4v) is 2.34. The summed E-state index contributed by atoms with van der Waals surface area (Å²) >= 11 is 9.21. The van der Waals surface area contributed by atoms with Crippen molar-refractivity contribution in [2.24, 2.45) is 5.10 Å². The number of halogens is 2. The Balaban J connectivity index is 1.90. The van der Waals surface area contributed by atoms with Crippen molar-refractivity contribution in [1.82, 2.24) is 5.43 Å². The van der Waals surface area contributed by atoms with Gasteiger partial charge in [0.2, 0.25) is 0 Å². The largest absolute Gasteiger partial charge is 0.484 e. The lowest BCUT2D eigenvalue weighted by molar-refractivity contribution is -0.123. The number of nitrogens with zero attached hydrogens (tertiary/aromatic N) is 1. The molecule has 0 saturated heterocycles. The van der Waals surface area contributed by atoms with E-state index in [1.165, 1.54) is 6.21 Å². The predicted molar refractivity (Wildman–Crippen MR) is 101 cm³/mol. The lowest BCUT2D eigenvalue weighted by atomic mass is 10.2. The molecule has 0 fully saturated rings. The van der Waals surface area contributed by atoms with E-state index in [9.17, 15) is 4.79 Å². The zero-order valence-corrected chi connectivity index (χ0v) is 15.4. The predicted octanol–water partition coefficient (Wildman–Crippen LogP) is 3.64. The minimum atomic E-state index is -0.405. The highest BCUT2D eigenvalue weighted by molar-refractivity contribution is 9.10. The summed E-state index contributed by atoms with van der Waals surface area (Å²) in [6.07, 6.45) is 6.66. The average molecular weight is 422 g/mol. The van der Waals surface area contributed by atoms with Gasteiger partial charge in [0.15, 0.2) is 6.61 Å². The van der Waals surface area contributed by atoms with Gasteiger partial charge < -0.3 is 9.47 Å². The highest BCUT2D eigenvalue weighted by Gasteiger charge is 2.04. The lowest BCUT2D eigenvalue weighted by Gasteiger charge is -2.07. The monoisotopic (exact) mass is 420 g/mol. The minimum absolute atomic E-state index is 0.141. The summed E-state index contributed by atoms with van der Waals surface area (Å²) in [5.41, 5.74) is 3.05. The van der Waals surface area contributed by atoms with Gasteiger partial charge in [0.05, 0.1) is 6.21 Å². The molecule has 0 aliphatic carbocycles. The first-order chi connectivity index (χ1) is 12.1. The van der Waals surface area contributed by atoms with Gasteiger partial charge in [-0.25, -0.2) is 5.43 Å². The molecule has 25 heavy (non-hydrogen) atoms. The standard InChI is InChI=1S/C18H14BrClN2O3/c1-2-8-24-17-7-6-14(19)9-13(17)11-21-22-18(23)12-25-16-5-3-4-15(20)10-16/h1,3-7,9-11H,8,12H2,(H,22,23). The van der Waals surface area contributed by atoms with Crippen LogP contribution in [0, 0.1) is 12.3 Å². The smallest absolute Gasteiger partial charge is 0.277 e. The van der Waals surface area contributed by atoms with Crippen LogP contribution >= 0.6 is 27.5 Å². The Hall–Kier alpha value is -2.49. The molecule has 2 aromatic rings. The second-order valence-electron chi connectivity index (χ2n) is 4.71. The van der Waals surface area contributed by atoms with Crippen LogP contribution in [-0.4, -0.2) is 25.3 Å². The molecule has 0 bridgehead atoms. The van der Waals surface area contributed by atoms with Crippen molar-refractivity contribution in [2.75, 3.05) is 13.2 Å². The number of nitrogens with one attached hydrogen (secondary N) is 1. The zero-order chi connectivity index (χ0) is 18.1. The summed E-state index contributed by atoms with van der Waals surface area (Å²) in [5, 5.41) is 4.43. The Morgan fingerprint density at radius 1 is 1.32 bits per heavy atom. The second-order valence-corrected chi connectivity index (χ2v) is 6.07. The number of carbonyl (C=O) groups excluding carboxylic acids is 1. The number of rotatable bonds is 7. The molecule has 128 valence electrons. The van der Waals surface area contributed by atoms with E-state index in [0.29, 0.717) is 22.1 Å². The van der Waals surface area contributed by atoms with Gasteiger partial charge in [-0.05, 0) is 36.4 Å². The van der Waals surface area contributed by atoms with Crippen LogP contribution in [0.5, 0.6) is 11.5 Å². The number of ether oxygens (including phenoxy) is 2. The summed E-state index contributed by atoms with van der Waals surface area (Å²) in [4.78, 5) is 11.8. The highest BCUT2D eigenvalue weighted by Crippen LogP contribution is 2.21. The molecule has 1 N–H and O–H groups in total. The maximum atomic E-state index is 11.8. The van der Waals surface area contributed by atoms with Gasteiger partial charge in [-0.15, -0.1) is 6.42 Å². The quantitative estimate of drug-likeness (QED) is 0.422. The SMILES string of the molecule is C#CCOc1ccc(Br)cc1C=NNC(=O)COc1cccc(Cl)c1. The molecule has 0 unspecified atom stereocenters. The molecule has 1 amide bonds. The van der Waals surface area contributed by atoms with Crippen LogP contribution in [-0.2, 0) is 4.79 Å². The van der Waals surface area contributed by atoms with Crippen LogP contribution in [0.3, 0.4) is 0 Å². The van der Waals surface area contributed by atoms with Gasteiger partial charge in [-0.1, -0.05) is 39.5 Å². The van der Waals surface area contributed by atoms with Gasteiger partial charge in [-0.3, -0.25) is 4.79 Å². The Labute approximate surface area is 159 Å². The third kappa shape index (κ3) is 6.49. The molecule has 0 atom stereocenters. The Morgan fingerprint density at radius 3 is 2.92 bits per heavy atom. The summed E-state index contributed by atoms with van der Waals surface area (Å²) < 4.78 is 11.6. The molecule has 0 heterocycles. The molecule has 0 saturated carbocycles. The molecular formula is C18H14BrClN2O3. The summed E-state index contributed by atoms with van der Waals surface area (Å²) in [5.74, 6) is 3.06. The molecule has 0 aromatic heterocycles. The molecule has 2 rings (SSSR count). The Bertz CT molecular complexity index is 818. The zero-order valence-electron chi connectivity index (χ0n) is 13.0. The third-order valence-corrected chi connectivity index (χ3v) is 3.57. The van der Waals surface area contributed by atoms with Crippen molar-refractivity contribution in [1.29, 1.82) is 0 Å². The van der Waals surface area contributed by atoms with Crippen LogP contribution in [0.4, 0.5) is 0 Å². The van der Waals surface area contributed by atoms with E-state index >= 15 is 0 Å². The number of hydrogen-bond acceptors (Lipinski definition) is 4. The van der Waals surface area contributed by atoms with Crippen LogP contribution in [0.15, 0.2) is 52.0 Å². The van der Waals surface area contributed by atoms with Crippen LogP contribution in [0.1, 0.15) is 5.56 Å². The van der Waals surface area contributed by atoms with Gasteiger partial charge in [-0.2, -0.15) is 5.10 Å². The molecule has 0 aliphatic rings. The minimum Gasteiger partial charge on any atom is -0.484 e. The van der Waals surface area contributed by atoms with Crippen molar-refractivity contribution in [2.45, 2.75) is 0 Å². The Morgan fingerprint density at radius 2 is 2.16 bits per heavy atom. The van der Waals surface area contributed by atoms with Gasteiger partial charge >= 0.3 is 0 Å². The highest BCUT2D eigenvalue weighted by atomic mass is 79.9. The van der Waals surface area contributed by atoms with E-state index in [1.54, 1.807) is 36.4 Å².